The lowest BCUT2D eigenvalue weighted by atomic mass is 10.1. The predicted octanol–water partition coefficient (Wildman–Crippen LogP) is 1.39. The van der Waals surface area contributed by atoms with Gasteiger partial charge in [-0.05, 0) is 36.6 Å². The standard InChI is InChI=1S/C17H21N3O2/c1-13(21)4-8-20-9-5-14-12-15(2-3-16(14)17(20)22)19-10-6-18-7-11-19/h2-3,5,9,12,18H,4,6-8,10-11H2,1H3. The van der Waals surface area contributed by atoms with Crippen LogP contribution in [0.4, 0.5) is 5.69 Å². The highest BCUT2D eigenvalue weighted by molar-refractivity contribution is 5.85. The van der Waals surface area contributed by atoms with Crippen LogP contribution < -0.4 is 15.8 Å². The van der Waals surface area contributed by atoms with Crippen molar-refractivity contribution >= 4 is 22.2 Å². The van der Waals surface area contributed by atoms with Gasteiger partial charge in [-0.15, -0.1) is 0 Å². The van der Waals surface area contributed by atoms with Crippen molar-refractivity contribution in [2.24, 2.45) is 0 Å². The maximum Gasteiger partial charge on any atom is 0.258 e. The highest BCUT2D eigenvalue weighted by Crippen LogP contribution is 2.20. The van der Waals surface area contributed by atoms with E-state index in [0.717, 1.165) is 37.3 Å². The molecule has 2 aromatic rings. The number of nitrogens with zero attached hydrogens (tertiary/aromatic N) is 2. The second-order valence-corrected chi connectivity index (χ2v) is 5.77. The quantitative estimate of drug-likeness (QED) is 0.927. The van der Waals surface area contributed by atoms with Gasteiger partial charge in [0.15, 0.2) is 0 Å². The van der Waals surface area contributed by atoms with E-state index >= 15 is 0 Å². The molecule has 1 aromatic heterocycles. The maximum atomic E-state index is 12.5. The first-order valence-corrected chi connectivity index (χ1v) is 7.73. The molecule has 0 amide bonds. The Morgan fingerprint density at radius 2 is 2.00 bits per heavy atom. The zero-order valence-corrected chi connectivity index (χ0v) is 12.8. The summed E-state index contributed by atoms with van der Waals surface area (Å²) >= 11 is 0. The van der Waals surface area contributed by atoms with Crippen molar-refractivity contribution in [1.29, 1.82) is 0 Å². The number of aromatic nitrogens is 1. The number of benzene rings is 1. The fourth-order valence-corrected chi connectivity index (χ4v) is 2.85. The smallest absolute Gasteiger partial charge is 0.258 e. The van der Waals surface area contributed by atoms with Gasteiger partial charge in [0.05, 0.1) is 0 Å². The van der Waals surface area contributed by atoms with E-state index in [4.69, 9.17) is 0 Å². The molecule has 0 atom stereocenters. The van der Waals surface area contributed by atoms with Crippen LogP contribution in [0.2, 0.25) is 0 Å². The van der Waals surface area contributed by atoms with Crippen LogP contribution in [0.3, 0.4) is 0 Å². The van der Waals surface area contributed by atoms with Crippen LogP contribution in [0.15, 0.2) is 35.3 Å². The Bertz CT molecular complexity index is 745. The van der Waals surface area contributed by atoms with Gasteiger partial charge in [0.25, 0.3) is 5.56 Å². The van der Waals surface area contributed by atoms with E-state index in [1.165, 1.54) is 0 Å². The van der Waals surface area contributed by atoms with Crippen LogP contribution in [-0.4, -0.2) is 36.5 Å². The maximum absolute atomic E-state index is 12.5. The van der Waals surface area contributed by atoms with Gasteiger partial charge >= 0.3 is 0 Å². The molecule has 5 heteroatoms. The Labute approximate surface area is 129 Å². The van der Waals surface area contributed by atoms with Gasteiger partial charge in [-0.25, -0.2) is 0 Å². The van der Waals surface area contributed by atoms with E-state index in [9.17, 15) is 9.59 Å². The fraction of sp³-hybridized carbons (Fsp3) is 0.412. The average Bonchev–Trinajstić information content (AvgIpc) is 2.54. The van der Waals surface area contributed by atoms with Gasteiger partial charge in [0, 0.05) is 56.4 Å². The van der Waals surface area contributed by atoms with Gasteiger partial charge in [-0.3, -0.25) is 9.59 Å². The summed E-state index contributed by atoms with van der Waals surface area (Å²) in [5.74, 6) is 0.0982. The van der Waals surface area contributed by atoms with Crippen molar-refractivity contribution in [2.45, 2.75) is 19.9 Å². The third kappa shape index (κ3) is 3.04. The van der Waals surface area contributed by atoms with Crippen molar-refractivity contribution in [1.82, 2.24) is 9.88 Å². The van der Waals surface area contributed by atoms with Crippen molar-refractivity contribution in [3.63, 3.8) is 0 Å². The lowest BCUT2D eigenvalue weighted by Gasteiger charge is -2.29. The van der Waals surface area contributed by atoms with Crippen LogP contribution >= 0.6 is 0 Å². The second-order valence-electron chi connectivity index (χ2n) is 5.77. The minimum Gasteiger partial charge on any atom is -0.369 e. The van der Waals surface area contributed by atoms with Gasteiger partial charge in [0.2, 0.25) is 0 Å². The molecule has 116 valence electrons. The van der Waals surface area contributed by atoms with Crippen molar-refractivity contribution < 1.29 is 4.79 Å². The second kappa shape index (κ2) is 6.32. The van der Waals surface area contributed by atoms with Crippen molar-refractivity contribution in [3.8, 4) is 0 Å². The van der Waals surface area contributed by atoms with Gasteiger partial charge in [-0.1, -0.05) is 0 Å². The summed E-state index contributed by atoms with van der Waals surface area (Å²) in [7, 11) is 0. The number of ketones is 1. The molecule has 22 heavy (non-hydrogen) atoms. The average molecular weight is 299 g/mol. The molecule has 0 radical (unpaired) electrons. The largest absolute Gasteiger partial charge is 0.369 e. The summed E-state index contributed by atoms with van der Waals surface area (Å²) in [6.07, 6.45) is 2.18. The Hall–Kier alpha value is -2.14. The molecule has 0 bridgehead atoms. The molecule has 1 aromatic carbocycles. The minimum absolute atomic E-state index is 0.0226. The molecule has 1 aliphatic rings. The lowest BCUT2D eigenvalue weighted by molar-refractivity contribution is -0.117. The Morgan fingerprint density at radius 3 is 2.73 bits per heavy atom. The summed E-state index contributed by atoms with van der Waals surface area (Å²) in [5.41, 5.74) is 1.14. The number of rotatable bonds is 4. The number of carbonyl (C=O) groups excluding carboxylic acids is 1. The van der Waals surface area contributed by atoms with Crippen molar-refractivity contribution in [3.05, 3.63) is 40.8 Å². The fourth-order valence-electron chi connectivity index (χ4n) is 2.85. The third-order valence-corrected chi connectivity index (χ3v) is 4.15. The van der Waals surface area contributed by atoms with Gasteiger partial charge in [0.1, 0.15) is 5.78 Å². The molecule has 1 fully saturated rings. The SMILES string of the molecule is CC(=O)CCn1ccc2cc(N3CCNCC3)ccc2c1=O. The molecule has 0 aliphatic carbocycles. The summed E-state index contributed by atoms with van der Waals surface area (Å²) in [6, 6.07) is 7.96. The molecule has 5 nitrogen and oxygen atoms in total. The molecule has 0 unspecified atom stereocenters. The summed E-state index contributed by atoms with van der Waals surface area (Å²) in [6.45, 7) is 5.95. The molecular weight excluding hydrogens is 278 g/mol. The number of Topliss-reactive ketones (excluding diaryl/α,β-unsaturated/α-hetero) is 1. The number of anilines is 1. The monoisotopic (exact) mass is 299 g/mol. The van der Waals surface area contributed by atoms with Crippen molar-refractivity contribution in [2.75, 3.05) is 31.1 Å². The predicted molar refractivity (Wildman–Crippen MR) is 88.6 cm³/mol. The number of hydrogen-bond donors (Lipinski definition) is 1. The van der Waals surface area contributed by atoms with Crippen LogP contribution in [0.5, 0.6) is 0 Å². The number of carbonyl (C=O) groups is 1. The molecule has 1 N–H and O–H groups in total. The first kappa shape index (κ1) is 14.8. The minimum atomic E-state index is -0.0226. The Morgan fingerprint density at radius 1 is 1.23 bits per heavy atom. The van der Waals surface area contributed by atoms with E-state index in [2.05, 4.69) is 16.3 Å². The van der Waals surface area contributed by atoms with E-state index in [-0.39, 0.29) is 11.3 Å². The number of pyridine rings is 1. The first-order chi connectivity index (χ1) is 10.6. The highest BCUT2D eigenvalue weighted by Gasteiger charge is 2.11. The topological polar surface area (TPSA) is 54.3 Å². The van der Waals surface area contributed by atoms with Gasteiger partial charge in [-0.2, -0.15) is 0 Å². The third-order valence-electron chi connectivity index (χ3n) is 4.15. The summed E-state index contributed by atoms with van der Waals surface area (Å²) in [5, 5.41) is 5.01. The molecule has 1 aliphatic heterocycles. The van der Waals surface area contributed by atoms with E-state index in [1.807, 2.05) is 18.2 Å². The van der Waals surface area contributed by atoms with Crippen LogP contribution in [-0.2, 0) is 11.3 Å². The normalized spacial score (nSPS) is 15.2. The molecule has 0 saturated carbocycles. The Balaban J connectivity index is 1.91. The van der Waals surface area contributed by atoms with Crippen LogP contribution in [0.25, 0.3) is 10.8 Å². The number of piperazine rings is 1. The lowest BCUT2D eigenvalue weighted by Crippen LogP contribution is -2.43. The molecule has 3 rings (SSSR count). The summed E-state index contributed by atoms with van der Waals surface area (Å²) in [4.78, 5) is 25.9. The number of fused-ring (bicyclic) bond motifs is 1. The van der Waals surface area contributed by atoms with Crippen LogP contribution in [0, 0.1) is 0 Å². The number of hydrogen-bond acceptors (Lipinski definition) is 4. The summed E-state index contributed by atoms with van der Waals surface area (Å²) < 4.78 is 1.62. The zero-order chi connectivity index (χ0) is 15.5. The van der Waals surface area contributed by atoms with Crippen LogP contribution in [0.1, 0.15) is 13.3 Å². The Kier molecular flexibility index (Phi) is 4.24. The first-order valence-electron chi connectivity index (χ1n) is 7.73. The number of aryl methyl sites for hydroxylation is 1. The van der Waals surface area contributed by atoms with E-state index in [0.29, 0.717) is 18.4 Å². The van der Waals surface area contributed by atoms with Gasteiger partial charge < -0.3 is 14.8 Å². The molecular formula is C17H21N3O2. The molecule has 2 heterocycles. The van der Waals surface area contributed by atoms with E-state index < -0.39 is 0 Å². The molecule has 1 saturated heterocycles. The highest BCUT2D eigenvalue weighted by atomic mass is 16.1. The molecule has 0 spiro atoms. The zero-order valence-electron chi connectivity index (χ0n) is 12.8. The van der Waals surface area contributed by atoms with E-state index in [1.54, 1.807) is 17.7 Å². The number of nitrogens with one attached hydrogen (secondary N) is 1.